The van der Waals surface area contributed by atoms with Gasteiger partial charge in [0.1, 0.15) is 0 Å². The molecule has 0 unspecified atom stereocenters. The van der Waals surface area contributed by atoms with Gasteiger partial charge in [-0.25, -0.2) is 17.9 Å². The minimum atomic E-state index is -3.54. The Morgan fingerprint density at radius 3 is 1.91 bits per heavy atom. The van der Waals surface area contributed by atoms with Crippen molar-refractivity contribution in [3.05, 3.63) is 54.1 Å². The topological polar surface area (TPSA) is 108 Å². The molecule has 0 spiro atoms. The highest BCUT2D eigenvalue weighted by Crippen LogP contribution is 2.22. The summed E-state index contributed by atoms with van der Waals surface area (Å²) in [4.78, 5) is 26.9. The predicted octanol–water partition coefficient (Wildman–Crippen LogP) is 3.79. The van der Waals surface area contributed by atoms with Crippen LogP contribution in [0.5, 0.6) is 0 Å². The molecule has 1 aliphatic carbocycles. The maximum atomic E-state index is 12.5. The molecule has 0 atom stereocenters. The van der Waals surface area contributed by atoms with Crippen molar-refractivity contribution in [3.8, 4) is 0 Å². The van der Waals surface area contributed by atoms with Crippen LogP contribution >= 0.6 is 0 Å². The predicted molar refractivity (Wildman–Crippen MR) is 123 cm³/mol. The zero-order chi connectivity index (χ0) is 22.6. The van der Waals surface area contributed by atoms with Gasteiger partial charge in [-0.15, -0.1) is 0 Å². The molecule has 4 rings (SSSR count). The summed E-state index contributed by atoms with van der Waals surface area (Å²) >= 11 is 0. The summed E-state index contributed by atoms with van der Waals surface area (Å²) in [5.74, 6) is -0.342. The number of urea groups is 1. The summed E-state index contributed by atoms with van der Waals surface area (Å²) in [7, 11) is -3.54. The van der Waals surface area contributed by atoms with Gasteiger partial charge in [-0.3, -0.25) is 4.79 Å². The Balaban J connectivity index is 1.32. The van der Waals surface area contributed by atoms with Crippen molar-refractivity contribution in [1.29, 1.82) is 0 Å². The average molecular weight is 457 g/mol. The lowest BCUT2D eigenvalue weighted by Gasteiger charge is -2.20. The molecular weight excluding hydrogens is 428 g/mol. The normalized spacial score (nSPS) is 16.8. The second-order valence-corrected chi connectivity index (χ2v) is 10.00. The molecule has 1 aliphatic heterocycles. The number of nitrogens with zero attached hydrogens (tertiary/aromatic N) is 1. The number of benzene rings is 2. The molecule has 1 saturated carbocycles. The lowest BCUT2D eigenvalue weighted by molar-refractivity contribution is 0.102. The lowest BCUT2D eigenvalue weighted by atomic mass is 10.2. The minimum Gasteiger partial charge on any atom is -0.325 e. The van der Waals surface area contributed by atoms with Crippen molar-refractivity contribution in [3.63, 3.8) is 0 Å². The summed E-state index contributed by atoms with van der Waals surface area (Å²) in [6.45, 7) is 1.55. The van der Waals surface area contributed by atoms with E-state index < -0.39 is 10.0 Å². The highest BCUT2D eigenvalue weighted by molar-refractivity contribution is 7.89. The molecule has 1 saturated heterocycles. The third-order valence-electron chi connectivity index (χ3n) is 5.61. The first kappa shape index (κ1) is 22.3. The van der Waals surface area contributed by atoms with Crippen LogP contribution < -0.4 is 15.4 Å². The number of nitrogens with one attached hydrogen (secondary N) is 3. The molecule has 3 N–H and O–H groups in total. The number of rotatable bonds is 6. The first-order valence-corrected chi connectivity index (χ1v) is 12.5. The van der Waals surface area contributed by atoms with E-state index in [1.165, 1.54) is 24.3 Å². The fraction of sp³-hybridized carbons (Fsp3) is 0.391. The van der Waals surface area contributed by atoms with Crippen LogP contribution in [-0.4, -0.2) is 44.4 Å². The monoisotopic (exact) mass is 456 g/mol. The largest absolute Gasteiger partial charge is 0.325 e. The molecule has 2 aliphatic rings. The summed E-state index contributed by atoms with van der Waals surface area (Å²) < 4.78 is 27.1. The molecule has 2 fully saturated rings. The number of carbonyl (C=O) groups is 2. The molecule has 170 valence electrons. The average Bonchev–Trinajstić information content (AvgIpc) is 3.62. The van der Waals surface area contributed by atoms with Gasteiger partial charge in [0.2, 0.25) is 10.0 Å². The number of hydrogen-bond donors (Lipinski definition) is 3. The first-order valence-electron chi connectivity index (χ1n) is 11.0. The summed E-state index contributed by atoms with van der Waals surface area (Å²) in [5.41, 5.74) is 1.60. The highest BCUT2D eigenvalue weighted by atomic mass is 32.2. The third-order valence-corrected chi connectivity index (χ3v) is 7.15. The van der Waals surface area contributed by atoms with E-state index in [4.69, 9.17) is 0 Å². The number of amides is 3. The Bertz CT molecular complexity index is 1060. The molecule has 0 aromatic heterocycles. The summed E-state index contributed by atoms with van der Waals surface area (Å²) in [5, 5.41) is 5.68. The molecule has 8 nitrogen and oxygen atoms in total. The summed E-state index contributed by atoms with van der Waals surface area (Å²) in [6, 6.07) is 12.7. The second-order valence-electron chi connectivity index (χ2n) is 8.28. The van der Waals surface area contributed by atoms with E-state index in [-0.39, 0.29) is 22.9 Å². The van der Waals surface area contributed by atoms with Crippen molar-refractivity contribution >= 4 is 33.3 Å². The van der Waals surface area contributed by atoms with E-state index in [0.29, 0.717) is 16.9 Å². The second kappa shape index (κ2) is 9.70. The van der Waals surface area contributed by atoms with Crippen LogP contribution in [0.2, 0.25) is 0 Å². The molecule has 32 heavy (non-hydrogen) atoms. The lowest BCUT2D eigenvalue weighted by Crippen LogP contribution is -2.35. The quantitative estimate of drug-likeness (QED) is 0.615. The zero-order valence-electron chi connectivity index (χ0n) is 17.8. The molecule has 2 aromatic rings. The molecule has 0 bridgehead atoms. The number of sulfonamides is 1. The van der Waals surface area contributed by atoms with Gasteiger partial charge in [0.15, 0.2) is 0 Å². The van der Waals surface area contributed by atoms with Gasteiger partial charge >= 0.3 is 6.03 Å². The van der Waals surface area contributed by atoms with Crippen molar-refractivity contribution in [2.24, 2.45) is 0 Å². The Labute approximate surface area is 188 Å². The van der Waals surface area contributed by atoms with Crippen LogP contribution in [0.15, 0.2) is 53.4 Å². The Hall–Kier alpha value is -2.91. The molecule has 3 amide bonds. The van der Waals surface area contributed by atoms with E-state index in [0.717, 1.165) is 51.6 Å². The van der Waals surface area contributed by atoms with Crippen LogP contribution in [0.25, 0.3) is 0 Å². The standard InChI is InChI=1S/C23H28N4O4S/c28-22(17-5-13-21(14-6-17)32(30,31)26-20-11-12-20)24-18-7-9-19(10-8-18)25-23(29)27-15-3-1-2-4-16-27/h5-10,13-14,20,26H,1-4,11-12,15-16H2,(H,24,28)(H,25,29). The maximum absolute atomic E-state index is 12.5. The van der Waals surface area contributed by atoms with Crippen LogP contribution in [-0.2, 0) is 10.0 Å². The number of carbonyl (C=O) groups excluding carboxylic acids is 2. The van der Waals surface area contributed by atoms with Crippen LogP contribution in [0, 0.1) is 0 Å². The Kier molecular flexibility index (Phi) is 6.76. The van der Waals surface area contributed by atoms with E-state index in [1.54, 1.807) is 24.3 Å². The fourth-order valence-electron chi connectivity index (χ4n) is 3.59. The smallest absolute Gasteiger partial charge is 0.321 e. The van der Waals surface area contributed by atoms with Crippen molar-refractivity contribution < 1.29 is 18.0 Å². The van der Waals surface area contributed by atoms with Crippen molar-refractivity contribution in [2.75, 3.05) is 23.7 Å². The third kappa shape index (κ3) is 5.86. The SMILES string of the molecule is O=C(Nc1ccc(NC(=O)N2CCCCCC2)cc1)c1ccc(S(=O)(=O)NC2CC2)cc1. The van der Waals surface area contributed by atoms with Crippen LogP contribution in [0.4, 0.5) is 16.2 Å². The van der Waals surface area contributed by atoms with Crippen LogP contribution in [0.1, 0.15) is 48.9 Å². The van der Waals surface area contributed by atoms with Crippen LogP contribution in [0.3, 0.4) is 0 Å². The van der Waals surface area contributed by atoms with Gasteiger partial charge in [0, 0.05) is 36.1 Å². The number of anilines is 2. The van der Waals surface area contributed by atoms with E-state index in [1.807, 2.05) is 4.90 Å². The van der Waals surface area contributed by atoms with E-state index in [2.05, 4.69) is 15.4 Å². The molecule has 2 aromatic carbocycles. The Morgan fingerprint density at radius 2 is 1.34 bits per heavy atom. The van der Waals surface area contributed by atoms with Gasteiger partial charge in [0.05, 0.1) is 4.90 Å². The van der Waals surface area contributed by atoms with Crippen molar-refractivity contribution in [1.82, 2.24) is 9.62 Å². The fourth-order valence-corrected chi connectivity index (χ4v) is 4.90. The van der Waals surface area contributed by atoms with Gasteiger partial charge < -0.3 is 15.5 Å². The first-order chi connectivity index (χ1) is 15.4. The van der Waals surface area contributed by atoms with E-state index >= 15 is 0 Å². The van der Waals surface area contributed by atoms with Gasteiger partial charge in [-0.2, -0.15) is 0 Å². The summed E-state index contributed by atoms with van der Waals surface area (Å²) in [6.07, 6.45) is 6.10. The molecule has 9 heteroatoms. The number of likely N-dealkylation sites (tertiary alicyclic amines) is 1. The van der Waals surface area contributed by atoms with Gasteiger partial charge in [0.25, 0.3) is 5.91 Å². The highest BCUT2D eigenvalue weighted by Gasteiger charge is 2.28. The van der Waals surface area contributed by atoms with Crippen molar-refractivity contribution in [2.45, 2.75) is 49.5 Å². The molecule has 1 heterocycles. The zero-order valence-corrected chi connectivity index (χ0v) is 18.7. The van der Waals surface area contributed by atoms with E-state index in [9.17, 15) is 18.0 Å². The van der Waals surface area contributed by atoms with Gasteiger partial charge in [-0.1, -0.05) is 12.8 Å². The maximum Gasteiger partial charge on any atom is 0.321 e. The number of hydrogen-bond acceptors (Lipinski definition) is 4. The molecular formula is C23H28N4O4S. The Morgan fingerprint density at radius 1 is 0.781 bits per heavy atom. The van der Waals surface area contributed by atoms with Gasteiger partial charge in [-0.05, 0) is 74.2 Å². The molecule has 0 radical (unpaired) electrons. The minimum absolute atomic E-state index is 0.0279.